The van der Waals surface area contributed by atoms with E-state index in [0.29, 0.717) is 28.8 Å². The van der Waals surface area contributed by atoms with Gasteiger partial charge in [0, 0.05) is 18.3 Å². The molecule has 0 bridgehead atoms. The maximum absolute atomic E-state index is 13.4. The molecule has 0 saturated heterocycles. The number of rotatable bonds is 3. The van der Waals surface area contributed by atoms with Crippen LogP contribution in [-0.4, -0.2) is 21.4 Å². The van der Waals surface area contributed by atoms with Crippen molar-refractivity contribution in [2.45, 2.75) is 44.9 Å². The molecular formula is C25H19F7N2O2. The second kappa shape index (κ2) is 8.79. The van der Waals surface area contributed by atoms with Crippen molar-refractivity contribution < 1.29 is 40.3 Å². The molecule has 0 N–H and O–H groups in total. The van der Waals surface area contributed by atoms with E-state index >= 15 is 0 Å². The summed E-state index contributed by atoms with van der Waals surface area (Å²) in [5.41, 5.74) is -3.35. The van der Waals surface area contributed by atoms with Gasteiger partial charge in [-0.25, -0.2) is 9.37 Å². The fourth-order valence-electron chi connectivity index (χ4n) is 4.00. The Labute approximate surface area is 201 Å². The Bertz CT molecular complexity index is 1270. The number of hydrogen-bond acceptors (Lipinski definition) is 3. The van der Waals surface area contributed by atoms with E-state index in [4.69, 9.17) is 4.74 Å². The van der Waals surface area contributed by atoms with Crippen molar-refractivity contribution in [1.82, 2.24) is 9.88 Å². The molecule has 11 heteroatoms. The van der Waals surface area contributed by atoms with Crippen LogP contribution in [0.25, 0.3) is 11.1 Å². The van der Waals surface area contributed by atoms with Gasteiger partial charge in [-0.2, -0.15) is 26.3 Å². The molecule has 0 fully saturated rings. The number of halogens is 7. The van der Waals surface area contributed by atoms with Gasteiger partial charge < -0.3 is 9.64 Å². The quantitative estimate of drug-likeness (QED) is 0.370. The summed E-state index contributed by atoms with van der Waals surface area (Å²) >= 11 is 0. The number of hydrogen-bond donors (Lipinski definition) is 0. The first-order chi connectivity index (χ1) is 16.6. The summed E-state index contributed by atoms with van der Waals surface area (Å²) in [6.45, 7) is 2.10. The SMILES string of the molecule is CC1(C)Oc2nccc(-c3ccc(F)cc3)c2CN(Cc2cc(C(F)(F)F)cc(C(F)(F)F)c2)C1=O. The molecule has 0 unspecified atom stereocenters. The highest BCUT2D eigenvalue weighted by molar-refractivity contribution is 5.86. The summed E-state index contributed by atoms with van der Waals surface area (Å²) in [5.74, 6) is -1.05. The summed E-state index contributed by atoms with van der Waals surface area (Å²) in [5, 5.41) is 0. The van der Waals surface area contributed by atoms with E-state index < -0.39 is 47.3 Å². The van der Waals surface area contributed by atoms with Gasteiger partial charge in [0.2, 0.25) is 5.88 Å². The minimum Gasteiger partial charge on any atom is -0.461 e. The number of fused-ring (bicyclic) bond motifs is 1. The van der Waals surface area contributed by atoms with Gasteiger partial charge in [0.25, 0.3) is 5.91 Å². The Kier molecular flexibility index (Phi) is 6.22. The fourth-order valence-corrected chi connectivity index (χ4v) is 4.00. The van der Waals surface area contributed by atoms with E-state index in [2.05, 4.69) is 4.98 Å². The largest absolute Gasteiger partial charge is 0.461 e. The van der Waals surface area contributed by atoms with Gasteiger partial charge in [0.15, 0.2) is 5.60 Å². The Balaban J connectivity index is 1.80. The van der Waals surface area contributed by atoms with Crippen molar-refractivity contribution in [3.8, 4) is 17.0 Å². The van der Waals surface area contributed by atoms with Crippen LogP contribution < -0.4 is 4.74 Å². The van der Waals surface area contributed by atoms with Crippen molar-refractivity contribution in [1.29, 1.82) is 0 Å². The van der Waals surface area contributed by atoms with Crippen LogP contribution >= 0.6 is 0 Å². The molecule has 3 aromatic rings. The lowest BCUT2D eigenvalue weighted by molar-refractivity contribution is -0.145. The zero-order valence-corrected chi connectivity index (χ0v) is 19.0. The molecule has 0 aliphatic carbocycles. The monoisotopic (exact) mass is 512 g/mol. The van der Waals surface area contributed by atoms with Gasteiger partial charge in [-0.05, 0) is 66.9 Å². The zero-order chi connectivity index (χ0) is 26.5. The second-order valence-electron chi connectivity index (χ2n) is 8.84. The topological polar surface area (TPSA) is 42.4 Å². The number of aromatic nitrogens is 1. The number of carbonyl (C=O) groups excluding carboxylic acids is 1. The van der Waals surface area contributed by atoms with Crippen LogP contribution in [0.2, 0.25) is 0 Å². The first kappa shape index (κ1) is 25.5. The van der Waals surface area contributed by atoms with Crippen LogP contribution in [0.15, 0.2) is 54.7 Å². The first-order valence-corrected chi connectivity index (χ1v) is 10.7. The molecule has 2 heterocycles. The molecule has 4 rings (SSSR count). The lowest BCUT2D eigenvalue weighted by Crippen LogP contribution is -2.46. The van der Waals surface area contributed by atoms with E-state index in [1.165, 1.54) is 44.3 Å². The van der Waals surface area contributed by atoms with E-state index in [1.807, 2.05) is 0 Å². The maximum atomic E-state index is 13.4. The van der Waals surface area contributed by atoms with E-state index in [9.17, 15) is 35.5 Å². The second-order valence-corrected chi connectivity index (χ2v) is 8.84. The van der Waals surface area contributed by atoms with Gasteiger partial charge in [0.1, 0.15) is 5.82 Å². The number of benzene rings is 2. The molecule has 2 aromatic carbocycles. The smallest absolute Gasteiger partial charge is 0.416 e. The lowest BCUT2D eigenvalue weighted by Gasteiger charge is -2.28. The predicted molar refractivity (Wildman–Crippen MR) is 115 cm³/mol. The van der Waals surface area contributed by atoms with Crippen LogP contribution in [-0.2, 0) is 30.2 Å². The normalized spacial score (nSPS) is 15.8. The molecule has 0 saturated carbocycles. The van der Waals surface area contributed by atoms with Gasteiger partial charge in [-0.3, -0.25) is 4.79 Å². The molecular weight excluding hydrogens is 493 g/mol. The summed E-state index contributed by atoms with van der Waals surface area (Å²) < 4.78 is 99.3. The van der Waals surface area contributed by atoms with Crippen LogP contribution in [0.1, 0.15) is 36.1 Å². The minimum atomic E-state index is -5.02. The van der Waals surface area contributed by atoms with Crippen LogP contribution in [0.5, 0.6) is 5.88 Å². The molecule has 4 nitrogen and oxygen atoms in total. The molecule has 1 amide bonds. The highest BCUT2D eigenvalue weighted by Crippen LogP contribution is 2.39. The maximum Gasteiger partial charge on any atom is 0.416 e. The van der Waals surface area contributed by atoms with Crippen molar-refractivity contribution in [3.05, 3.63) is 82.8 Å². The Morgan fingerprint density at radius 1 is 0.944 bits per heavy atom. The van der Waals surface area contributed by atoms with Crippen LogP contribution in [0, 0.1) is 5.82 Å². The van der Waals surface area contributed by atoms with Crippen LogP contribution in [0.4, 0.5) is 30.7 Å². The third kappa shape index (κ3) is 5.14. The number of alkyl halides is 6. The third-order valence-electron chi connectivity index (χ3n) is 5.70. The Morgan fingerprint density at radius 3 is 2.08 bits per heavy atom. The first-order valence-electron chi connectivity index (χ1n) is 10.7. The number of amides is 1. The number of pyridine rings is 1. The average Bonchev–Trinajstić information content (AvgIpc) is 2.87. The molecule has 1 aromatic heterocycles. The van der Waals surface area contributed by atoms with Crippen molar-refractivity contribution >= 4 is 5.91 Å². The molecule has 0 radical (unpaired) electrons. The van der Waals surface area contributed by atoms with Crippen molar-refractivity contribution in [2.75, 3.05) is 0 Å². The summed E-state index contributed by atoms with van der Waals surface area (Å²) in [4.78, 5) is 18.6. The average molecular weight is 512 g/mol. The van der Waals surface area contributed by atoms with Gasteiger partial charge in [0.05, 0.1) is 17.7 Å². The Morgan fingerprint density at radius 2 is 1.53 bits per heavy atom. The van der Waals surface area contributed by atoms with Gasteiger partial charge >= 0.3 is 12.4 Å². The molecule has 0 atom stereocenters. The summed E-state index contributed by atoms with van der Waals surface area (Å²) in [6.07, 6.45) is -8.61. The number of ether oxygens (including phenoxy) is 1. The highest BCUT2D eigenvalue weighted by atomic mass is 19.4. The zero-order valence-electron chi connectivity index (χ0n) is 19.0. The molecule has 36 heavy (non-hydrogen) atoms. The van der Waals surface area contributed by atoms with Crippen molar-refractivity contribution in [3.63, 3.8) is 0 Å². The molecule has 0 spiro atoms. The van der Waals surface area contributed by atoms with Gasteiger partial charge in [-0.15, -0.1) is 0 Å². The van der Waals surface area contributed by atoms with Gasteiger partial charge in [-0.1, -0.05) is 12.1 Å². The number of carbonyl (C=O) groups is 1. The molecule has 1 aliphatic heterocycles. The highest BCUT2D eigenvalue weighted by Gasteiger charge is 2.41. The summed E-state index contributed by atoms with van der Waals surface area (Å²) in [7, 11) is 0. The van der Waals surface area contributed by atoms with Crippen molar-refractivity contribution in [2.24, 2.45) is 0 Å². The fraction of sp³-hybridized carbons (Fsp3) is 0.280. The molecule has 190 valence electrons. The third-order valence-corrected chi connectivity index (χ3v) is 5.70. The minimum absolute atomic E-state index is 0.0344. The predicted octanol–water partition coefficient (Wildman–Crippen LogP) is 6.63. The lowest BCUT2D eigenvalue weighted by atomic mass is 10.00. The van der Waals surface area contributed by atoms with E-state index in [1.54, 1.807) is 6.07 Å². The van der Waals surface area contributed by atoms with E-state index in [-0.39, 0.29) is 24.1 Å². The number of nitrogens with zero attached hydrogens (tertiary/aromatic N) is 2. The Hall–Kier alpha value is -3.63. The van der Waals surface area contributed by atoms with E-state index in [0.717, 1.165) is 4.90 Å². The summed E-state index contributed by atoms with van der Waals surface area (Å²) in [6, 6.07) is 8.26. The molecule has 1 aliphatic rings. The van der Waals surface area contributed by atoms with Crippen LogP contribution in [0.3, 0.4) is 0 Å². The standard InChI is InChI=1S/C25H19F7N2O2/c1-23(2)22(35)34(12-14-9-16(24(27,28)29)11-17(10-14)25(30,31)32)13-20-19(7-8-33-21(20)36-23)15-3-5-18(26)6-4-15/h3-11H,12-13H2,1-2H3.